The number of furan rings is 1. The zero-order valence-electron chi connectivity index (χ0n) is 26.9. The molecule has 234 valence electrons. The van der Waals surface area contributed by atoms with Crippen molar-refractivity contribution in [2.75, 3.05) is 0 Å². The van der Waals surface area contributed by atoms with Crippen LogP contribution in [0.5, 0.6) is 0 Å². The van der Waals surface area contributed by atoms with E-state index in [0.717, 1.165) is 66.1 Å². The average Bonchev–Trinajstić information content (AvgIpc) is 3.74. The summed E-state index contributed by atoms with van der Waals surface area (Å²) < 4.78 is 9.13. The zero-order valence-corrected chi connectivity index (χ0v) is 26.9. The fourth-order valence-electron chi connectivity index (χ4n) is 7.13. The van der Waals surface area contributed by atoms with E-state index in [1.165, 1.54) is 11.1 Å². The maximum atomic E-state index is 6.80. The molecule has 0 aliphatic rings. The van der Waals surface area contributed by atoms with Gasteiger partial charge in [-0.2, -0.15) is 0 Å². The molecule has 0 bridgehead atoms. The average molecular weight is 641 g/mol. The molecule has 3 aromatic heterocycles. The minimum absolute atomic E-state index is 0.571. The Kier molecular flexibility index (Phi) is 6.42. The fourth-order valence-corrected chi connectivity index (χ4v) is 7.13. The van der Waals surface area contributed by atoms with E-state index >= 15 is 0 Å². The SMILES string of the molecule is c1ccc(-c2ccc3c(c2)c2ccccc2n3-c2c(-c3nc(-c4ccccc4)nc(-c4ccccc4)n3)ccc3c2oc2ccccc23)cc1. The molecule has 0 aliphatic carbocycles. The molecule has 7 aromatic carbocycles. The zero-order chi connectivity index (χ0) is 33.0. The fraction of sp³-hybridized carbons (Fsp3) is 0. The van der Waals surface area contributed by atoms with Crippen LogP contribution >= 0.6 is 0 Å². The molecule has 0 amide bonds. The molecule has 5 nitrogen and oxygen atoms in total. The molecule has 0 N–H and O–H groups in total. The third-order valence-electron chi connectivity index (χ3n) is 9.46. The number of benzene rings is 7. The Bertz CT molecular complexity index is 2800. The summed E-state index contributed by atoms with van der Waals surface area (Å²) in [6.45, 7) is 0. The molecule has 3 heterocycles. The monoisotopic (exact) mass is 640 g/mol. The lowest BCUT2D eigenvalue weighted by molar-refractivity contribution is 0.666. The molecule has 0 fully saturated rings. The number of hydrogen-bond acceptors (Lipinski definition) is 4. The first-order valence-corrected chi connectivity index (χ1v) is 16.7. The maximum absolute atomic E-state index is 6.80. The molecule has 0 radical (unpaired) electrons. The van der Waals surface area contributed by atoms with Gasteiger partial charge < -0.3 is 8.98 Å². The van der Waals surface area contributed by atoms with Crippen LogP contribution in [0.15, 0.2) is 174 Å². The molecule has 0 atom stereocenters. The predicted molar refractivity (Wildman–Crippen MR) is 203 cm³/mol. The largest absolute Gasteiger partial charge is 0.454 e. The number of nitrogens with zero attached hydrogens (tertiary/aromatic N) is 4. The van der Waals surface area contributed by atoms with Crippen molar-refractivity contribution in [1.29, 1.82) is 0 Å². The van der Waals surface area contributed by atoms with Gasteiger partial charge in [-0.1, -0.05) is 133 Å². The van der Waals surface area contributed by atoms with Crippen LogP contribution in [0.25, 0.3) is 94.7 Å². The Morgan fingerprint density at radius 1 is 0.380 bits per heavy atom. The Morgan fingerprint density at radius 3 is 1.64 bits per heavy atom. The van der Waals surface area contributed by atoms with E-state index in [1.54, 1.807) is 0 Å². The molecule has 0 saturated heterocycles. The standard InChI is InChI=1S/C45H28N4O/c1-4-14-29(15-5-1)32-24-27-39-37(28-32)33-20-10-12-22-38(33)49(39)41-36(26-25-35-34-21-11-13-23-40(34)50-42(35)41)45-47-43(30-16-6-2-7-17-30)46-44(48-45)31-18-8-3-9-19-31/h1-28H. The summed E-state index contributed by atoms with van der Waals surface area (Å²) in [5.41, 5.74) is 9.68. The molecule has 5 heteroatoms. The van der Waals surface area contributed by atoms with Crippen molar-refractivity contribution in [2.45, 2.75) is 0 Å². The molecular weight excluding hydrogens is 613 g/mol. The van der Waals surface area contributed by atoms with Gasteiger partial charge in [0.15, 0.2) is 23.1 Å². The first kappa shape index (κ1) is 28.2. The highest BCUT2D eigenvalue weighted by Crippen LogP contribution is 2.43. The molecular formula is C45H28N4O. The van der Waals surface area contributed by atoms with Crippen molar-refractivity contribution in [3.8, 4) is 51.0 Å². The number of aromatic nitrogens is 4. The van der Waals surface area contributed by atoms with E-state index in [0.29, 0.717) is 17.5 Å². The molecule has 0 unspecified atom stereocenters. The van der Waals surface area contributed by atoms with Crippen molar-refractivity contribution >= 4 is 43.7 Å². The summed E-state index contributed by atoms with van der Waals surface area (Å²) in [5.74, 6) is 1.79. The van der Waals surface area contributed by atoms with Crippen LogP contribution in [0.4, 0.5) is 0 Å². The first-order valence-electron chi connectivity index (χ1n) is 16.7. The van der Waals surface area contributed by atoms with Crippen molar-refractivity contribution in [3.63, 3.8) is 0 Å². The maximum Gasteiger partial charge on any atom is 0.166 e. The smallest absolute Gasteiger partial charge is 0.166 e. The van der Waals surface area contributed by atoms with E-state index in [2.05, 4.69) is 102 Å². The number of rotatable bonds is 5. The Hall–Kier alpha value is -6.85. The van der Waals surface area contributed by atoms with E-state index in [1.807, 2.05) is 72.8 Å². The summed E-state index contributed by atoms with van der Waals surface area (Å²) in [4.78, 5) is 15.3. The summed E-state index contributed by atoms with van der Waals surface area (Å²) in [6, 6.07) is 58.5. The second kappa shape index (κ2) is 11.4. The number of hydrogen-bond donors (Lipinski definition) is 0. The van der Waals surface area contributed by atoms with Gasteiger partial charge in [-0.25, -0.2) is 15.0 Å². The Labute approximate surface area is 287 Å². The summed E-state index contributed by atoms with van der Waals surface area (Å²) in [7, 11) is 0. The highest BCUT2D eigenvalue weighted by atomic mass is 16.3. The quantitative estimate of drug-likeness (QED) is 0.188. The normalized spacial score (nSPS) is 11.6. The number of para-hydroxylation sites is 2. The Balaban J connectivity index is 1.32. The third kappa shape index (κ3) is 4.52. The lowest BCUT2D eigenvalue weighted by Gasteiger charge is -2.15. The lowest BCUT2D eigenvalue weighted by Crippen LogP contribution is -2.04. The molecule has 0 aliphatic heterocycles. The highest BCUT2D eigenvalue weighted by Gasteiger charge is 2.24. The minimum atomic E-state index is 0.571. The van der Waals surface area contributed by atoms with E-state index in [-0.39, 0.29) is 0 Å². The van der Waals surface area contributed by atoms with Gasteiger partial charge in [-0.3, -0.25) is 0 Å². The number of fused-ring (bicyclic) bond motifs is 6. The predicted octanol–water partition coefficient (Wildman–Crippen LogP) is 11.5. The van der Waals surface area contributed by atoms with Crippen LogP contribution in [0.1, 0.15) is 0 Å². The van der Waals surface area contributed by atoms with E-state index in [9.17, 15) is 0 Å². The van der Waals surface area contributed by atoms with Gasteiger partial charge in [0, 0.05) is 38.2 Å². The summed E-state index contributed by atoms with van der Waals surface area (Å²) >= 11 is 0. The van der Waals surface area contributed by atoms with Gasteiger partial charge in [-0.15, -0.1) is 0 Å². The highest BCUT2D eigenvalue weighted by molar-refractivity contribution is 6.15. The first-order chi connectivity index (χ1) is 24.8. The summed E-state index contributed by atoms with van der Waals surface area (Å²) in [6.07, 6.45) is 0. The van der Waals surface area contributed by atoms with Crippen LogP contribution in [0, 0.1) is 0 Å². The lowest BCUT2D eigenvalue weighted by atomic mass is 10.0. The van der Waals surface area contributed by atoms with Gasteiger partial charge in [0.2, 0.25) is 0 Å². The topological polar surface area (TPSA) is 56.7 Å². The molecule has 0 saturated carbocycles. The molecule has 50 heavy (non-hydrogen) atoms. The van der Waals surface area contributed by atoms with E-state index in [4.69, 9.17) is 19.4 Å². The van der Waals surface area contributed by atoms with Crippen LogP contribution in [0.3, 0.4) is 0 Å². The second-order valence-electron chi connectivity index (χ2n) is 12.4. The van der Waals surface area contributed by atoms with Crippen molar-refractivity contribution in [1.82, 2.24) is 19.5 Å². The van der Waals surface area contributed by atoms with Gasteiger partial charge in [0.1, 0.15) is 11.3 Å². The van der Waals surface area contributed by atoms with Crippen LogP contribution in [-0.2, 0) is 0 Å². The summed E-state index contributed by atoms with van der Waals surface area (Å²) in [5, 5.41) is 4.41. The molecule has 10 rings (SSSR count). The van der Waals surface area contributed by atoms with Crippen LogP contribution in [0.2, 0.25) is 0 Å². The van der Waals surface area contributed by atoms with Crippen molar-refractivity contribution in [2.24, 2.45) is 0 Å². The second-order valence-corrected chi connectivity index (χ2v) is 12.4. The Morgan fingerprint density at radius 2 is 0.940 bits per heavy atom. The van der Waals surface area contributed by atoms with Gasteiger partial charge in [0.25, 0.3) is 0 Å². The van der Waals surface area contributed by atoms with Crippen molar-refractivity contribution < 1.29 is 4.42 Å². The minimum Gasteiger partial charge on any atom is -0.454 e. The van der Waals surface area contributed by atoms with E-state index < -0.39 is 0 Å². The van der Waals surface area contributed by atoms with Gasteiger partial charge in [-0.05, 0) is 47.5 Å². The molecule has 0 spiro atoms. The van der Waals surface area contributed by atoms with Crippen molar-refractivity contribution in [3.05, 3.63) is 170 Å². The molecule has 10 aromatic rings. The third-order valence-corrected chi connectivity index (χ3v) is 9.46. The van der Waals surface area contributed by atoms with Gasteiger partial charge >= 0.3 is 0 Å². The van der Waals surface area contributed by atoms with Crippen LogP contribution < -0.4 is 0 Å². The van der Waals surface area contributed by atoms with Crippen LogP contribution in [-0.4, -0.2) is 19.5 Å². The van der Waals surface area contributed by atoms with Gasteiger partial charge in [0.05, 0.1) is 11.0 Å².